The van der Waals surface area contributed by atoms with Gasteiger partial charge in [0, 0.05) is 48.0 Å². The van der Waals surface area contributed by atoms with Crippen LogP contribution in [-0.4, -0.2) is 219 Å². The highest BCUT2D eigenvalue weighted by atomic mass is 127. The van der Waals surface area contributed by atoms with Crippen molar-refractivity contribution in [1.82, 2.24) is 86.3 Å². The number of carbonyl (C=O) groups is 7. The van der Waals surface area contributed by atoms with Crippen LogP contribution in [0.1, 0.15) is 94.8 Å². The standard InChI is InChI=1S/C16H21N5O4.C13H17N5O4.C9H11IN2O2.C7H11N3O2.C4H4N2O2.C3H9NO/c1-3-5-24-18-15(22)12-8-17-20(9-12)13-7-14-11-19(10-13)16(23)21(14)25-6-4-2;1-2-3-22-15-12(19)9-5-14-17(6-9)10-4-11-8-16(7-10)13(20)18(11)21;1-2-3-14-12-8-4-7(10)5-11(6-8)9(12)13;1-2-3-12-10-7(11)6-4-8-9-5-6;7-4(8)3-1-5-6-2-3;1-2-3-5-4/h4,7-9,14H,2-3,5-6,10-11H2,1H3,(H,18,22);4-6,11,21H,2-3,7-8H2,1H3,(H,15,19);2,4,8H,1,3,5-6H2;4-5H,2-3H2,1H3,(H,8,9)(H,10,11);1-2H,(H,5,6)(H,7,8);2-4H2,1H3. The molecule has 0 aliphatic carbocycles. The number of halogens is 1. The average molecular weight is 1320 g/mol. The van der Waals surface area contributed by atoms with Crippen molar-refractivity contribution in [3.05, 3.63) is 119 Å². The molecule has 6 aliphatic rings. The van der Waals surface area contributed by atoms with Gasteiger partial charge in [-0.3, -0.25) is 54.0 Å². The minimum absolute atomic E-state index is 0.0419. The minimum atomic E-state index is -0.959. The highest BCUT2D eigenvalue weighted by molar-refractivity contribution is 14.1. The Morgan fingerprint density at radius 3 is 1.44 bits per heavy atom. The maximum absolute atomic E-state index is 12.3. The fourth-order valence-electron chi connectivity index (χ4n) is 7.88. The number of rotatable bonds is 23. The summed E-state index contributed by atoms with van der Waals surface area (Å²) in [5.41, 5.74) is 9.92. The summed E-state index contributed by atoms with van der Waals surface area (Å²) in [6.07, 6.45) is 24.0. The molecule has 10 rings (SSSR count). The molecule has 3 fully saturated rings. The number of carboxylic acid groups (broad SMARTS) is 1. The maximum atomic E-state index is 12.3. The van der Waals surface area contributed by atoms with Gasteiger partial charge in [-0.2, -0.15) is 35.6 Å². The number of aromatic amines is 2. The number of hydrogen-bond donors (Lipinski definition) is 8. The average Bonchev–Trinajstić information content (AvgIpc) is 3.42. The zero-order chi connectivity index (χ0) is 62.5. The molecule has 0 spiro atoms. The van der Waals surface area contributed by atoms with E-state index >= 15 is 0 Å². The van der Waals surface area contributed by atoms with E-state index in [-0.39, 0.29) is 60.1 Å². The largest absolute Gasteiger partial charge is 0.478 e. The maximum Gasteiger partial charge on any atom is 0.345 e. The van der Waals surface area contributed by atoms with Gasteiger partial charge in [-0.15, -0.1) is 13.2 Å². The van der Waals surface area contributed by atoms with E-state index in [2.05, 4.69) is 99.6 Å². The Labute approximate surface area is 508 Å². The number of carbonyl (C=O) groups excluding carboxylic acids is 6. The van der Waals surface area contributed by atoms with Gasteiger partial charge in [-0.25, -0.2) is 50.9 Å². The normalized spacial score (nSPS) is 17.6. The van der Waals surface area contributed by atoms with Gasteiger partial charge < -0.3 is 24.6 Å². The van der Waals surface area contributed by atoms with Crippen LogP contribution in [0, 0.1) is 0 Å². The van der Waals surface area contributed by atoms with Gasteiger partial charge in [0.05, 0.1) is 136 Å². The molecule has 9 amide bonds. The van der Waals surface area contributed by atoms with E-state index in [9.17, 15) is 38.8 Å². The van der Waals surface area contributed by atoms with E-state index in [1.54, 1.807) is 45.1 Å². The quantitative estimate of drug-likeness (QED) is 0.0172. The van der Waals surface area contributed by atoms with Gasteiger partial charge in [-0.1, -0.05) is 39.8 Å². The number of aromatic carboxylic acids is 1. The SMILES string of the molecule is C=CCON1C(=O)N2CC(I)=CC1C2.C=CCON1C(=O)N2CC(n3cc(C(=O)NOCCC)cn3)=CC1C2.CCCON.CCCONC(=O)c1cn[nH]c1.CCCONC(=O)c1cnn(C2=CC3CN(C2)C(=O)N3O)c1.O=C(O)c1cn[nH]c1. The Bertz CT molecular complexity index is 2950. The molecule has 4 aromatic rings. The molecule has 0 aromatic carbocycles. The molecule has 33 nitrogen and oxygen atoms in total. The summed E-state index contributed by atoms with van der Waals surface area (Å²) in [6, 6.07) is -1.15. The zero-order valence-electron chi connectivity index (χ0n) is 48.0. The van der Waals surface area contributed by atoms with Crippen LogP contribution in [0.2, 0.25) is 0 Å². The number of fused-ring (bicyclic) bond motifs is 6. The lowest BCUT2D eigenvalue weighted by Crippen LogP contribution is -2.33. The van der Waals surface area contributed by atoms with Crippen LogP contribution in [0.3, 0.4) is 0 Å². The Balaban J connectivity index is 0.000000201. The molecule has 0 radical (unpaired) electrons. The van der Waals surface area contributed by atoms with Crippen molar-refractivity contribution in [3.8, 4) is 0 Å². The van der Waals surface area contributed by atoms with Crippen LogP contribution in [0.25, 0.3) is 11.4 Å². The number of H-pyrrole nitrogens is 2. The molecule has 6 aliphatic heterocycles. The van der Waals surface area contributed by atoms with E-state index in [0.29, 0.717) is 87.5 Å². The van der Waals surface area contributed by atoms with Crippen molar-refractivity contribution >= 4 is 75.8 Å². The molecule has 3 unspecified atom stereocenters. The van der Waals surface area contributed by atoms with Crippen molar-refractivity contribution in [2.24, 2.45) is 5.90 Å². The monoisotopic (exact) mass is 1320 g/mol. The lowest BCUT2D eigenvalue weighted by Gasteiger charge is -2.21. The summed E-state index contributed by atoms with van der Waals surface area (Å²) in [5.74, 6) is 2.67. The van der Waals surface area contributed by atoms with Crippen molar-refractivity contribution in [3.63, 3.8) is 0 Å². The van der Waals surface area contributed by atoms with Gasteiger partial charge in [0.25, 0.3) is 17.7 Å². The number of carboxylic acids is 1. The van der Waals surface area contributed by atoms with Crippen molar-refractivity contribution in [1.29, 1.82) is 0 Å². The van der Waals surface area contributed by atoms with E-state index in [4.69, 9.17) is 29.3 Å². The van der Waals surface area contributed by atoms with Crippen molar-refractivity contribution < 1.29 is 72.9 Å². The Kier molecular flexibility index (Phi) is 28.5. The van der Waals surface area contributed by atoms with Gasteiger partial charge in [-0.05, 0) is 66.5 Å². The van der Waals surface area contributed by atoms with Gasteiger partial charge in [0.2, 0.25) is 0 Å². The number of nitrogens with zero attached hydrogens (tertiary/aromatic N) is 12. The fraction of sp³-hybridized carbons (Fsp3) is 0.442. The van der Waals surface area contributed by atoms with Gasteiger partial charge >= 0.3 is 24.1 Å². The van der Waals surface area contributed by atoms with Gasteiger partial charge in [0.15, 0.2) is 0 Å². The summed E-state index contributed by atoms with van der Waals surface area (Å²) >= 11 is 2.25. The van der Waals surface area contributed by atoms with Crippen LogP contribution in [0.15, 0.2) is 96.7 Å². The fourth-order valence-corrected chi connectivity index (χ4v) is 8.71. The smallest absolute Gasteiger partial charge is 0.345 e. The summed E-state index contributed by atoms with van der Waals surface area (Å²) in [5, 5.41) is 41.7. The topological polar surface area (TPSA) is 390 Å². The molecule has 86 heavy (non-hydrogen) atoms. The number of amides is 9. The second kappa shape index (κ2) is 35.8. The summed E-state index contributed by atoms with van der Waals surface area (Å²) in [4.78, 5) is 115. The third-order valence-electron chi connectivity index (χ3n) is 11.9. The molecular formula is C52H73IN18O15. The molecule has 468 valence electrons. The predicted molar refractivity (Wildman–Crippen MR) is 313 cm³/mol. The van der Waals surface area contributed by atoms with E-state index in [0.717, 1.165) is 43.6 Å². The number of aromatic nitrogens is 8. The number of hydrogen-bond acceptors (Lipinski definition) is 19. The van der Waals surface area contributed by atoms with Gasteiger partial charge in [0.1, 0.15) is 0 Å². The number of hydroxylamine groups is 9. The Morgan fingerprint density at radius 1 is 0.628 bits per heavy atom. The Morgan fingerprint density at radius 2 is 1.05 bits per heavy atom. The molecule has 4 aromatic heterocycles. The van der Waals surface area contributed by atoms with Crippen LogP contribution >= 0.6 is 22.6 Å². The summed E-state index contributed by atoms with van der Waals surface area (Å²) in [6.45, 7) is 20.9. The molecule has 6 bridgehead atoms. The molecule has 10 heterocycles. The van der Waals surface area contributed by atoms with Crippen LogP contribution in [-0.2, 0) is 29.0 Å². The third-order valence-corrected chi connectivity index (χ3v) is 12.6. The highest BCUT2D eigenvalue weighted by Crippen LogP contribution is 2.29. The second-order valence-corrected chi connectivity index (χ2v) is 20.0. The van der Waals surface area contributed by atoms with E-state index in [1.807, 2.05) is 33.8 Å². The molecule has 34 heteroatoms. The summed E-state index contributed by atoms with van der Waals surface area (Å²) < 4.78 is 4.32. The van der Waals surface area contributed by atoms with E-state index in [1.165, 1.54) is 60.5 Å². The van der Waals surface area contributed by atoms with E-state index < -0.39 is 12.0 Å². The molecule has 0 saturated carbocycles. The lowest BCUT2D eigenvalue weighted by molar-refractivity contribution is -0.107. The first-order valence-electron chi connectivity index (χ1n) is 27.1. The van der Waals surface area contributed by atoms with Crippen LogP contribution in [0.5, 0.6) is 0 Å². The number of nitrogens with one attached hydrogen (secondary N) is 5. The molecule has 3 atom stereocenters. The highest BCUT2D eigenvalue weighted by Gasteiger charge is 2.43. The minimum Gasteiger partial charge on any atom is -0.478 e. The lowest BCUT2D eigenvalue weighted by atomic mass is 10.2. The number of nitrogens with two attached hydrogens (primary N) is 1. The zero-order valence-corrected chi connectivity index (χ0v) is 50.1. The number of urea groups is 3. The molecule has 9 N–H and O–H groups in total. The van der Waals surface area contributed by atoms with Crippen LogP contribution < -0.4 is 22.3 Å². The first kappa shape index (κ1) is 68.4. The Hall–Kier alpha value is -8.36. The van der Waals surface area contributed by atoms with Crippen molar-refractivity contribution in [2.75, 3.05) is 78.9 Å². The first-order valence-corrected chi connectivity index (χ1v) is 28.2. The summed E-state index contributed by atoms with van der Waals surface area (Å²) in [7, 11) is 0. The van der Waals surface area contributed by atoms with Crippen molar-refractivity contribution in [2.45, 2.75) is 71.5 Å². The molecular weight excluding hydrogens is 1240 g/mol. The second-order valence-electron chi connectivity index (χ2n) is 18.6. The van der Waals surface area contributed by atoms with Crippen LogP contribution in [0.4, 0.5) is 14.4 Å². The predicted octanol–water partition coefficient (Wildman–Crippen LogP) is 3.76. The molecule has 3 saturated heterocycles. The first-order chi connectivity index (χ1) is 41.5. The third kappa shape index (κ3) is 20.1.